The van der Waals surface area contributed by atoms with Crippen molar-refractivity contribution in [3.63, 3.8) is 0 Å². The number of hydrogen-bond donors (Lipinski definition) is 2. The molecule has 1 aliphatic carbocycles. The van der Waals surface area contributed by atoms with Crippen LogP contribution in [0, 0.1) is 5.92 Å². The Morgan fingerprint density at radius 3 is 2.41 bits per heavy atom. The predicted octanol–water partition coefficient (Wildman–Crippen LogP) is 2.64. The zero-order chi connectivity index (χ0) is 15.5. The highest BCUT2D eigenvalue weighted by Gasteiger charge is 2.28. The molecule has 124 valence electrons. The number of benzene rings is 1. The van der Waals surface area contributed by atoms with Crippen LogP contribution in [0.25, 0.3) is 0 Å². The number of ether oxygens (including phenoxy) is 1. The molecule has 4 nitrogen and oxygen atoms in total. The lowest BCUT2D eigenvalue weighted by atomic mass is 9.87. The second-order valence-electron chi connectivity index (χ2n) is 6.87. The van der Waals surface area contributed by atoms with Crippen LogP contribution < -0.4 is 15.8 Å². The van der Waals surface area contributed by atoms with Gasteiger partial charge in [0.15, 0.2) is 6.61 Å². The summed E-state index contributed by atoms with van der Waals surface area (Å²) < 4.78 is 5.49. The molecule has 1 aliphatic rings. The topological polar surface area (TPSA) is 64.3 Å². The van der Waals surface area contributed by atoms with E-state index in [1.807, 2.05) is 24.3 Å². The van der Waals surface area contributed by atoms with Gasteiger partial charge in [-0.3, -0.25) is 4.79 Å². The zero-order valence-electron chi connectivity index (χ0n) is 13.6. The van der Waals surface area contributed by atoms with Crippen molar-refractivity contribution < 1.29 is 9.53 Å². The second kappa shape index (κ2) is 7.84. The number of amides is 1. The van der Waals surface area contributed by atoms with Gasteiger partial charge in [-0.15, -0.1) is 12.4 Å². The Hall–Kier alpha value is -1.26. The van der Waals surface area contributed by atoms with Gasteiger partial charge in [-0.2, -0.15) is 0 Å². The van der Waals surface area contributed by atoms with Gasteiger partial charge < -0.3 is 15.8 Å². The summed E-state index contributed by atoms with van der Waals surface area (Å²) in [6, 6.07) is 7.97. The molecule has 1 unspecified atom stereocenters. The van der Waals surface area contributed by atoms with E-state index >= 15 is 0 Å². The van der Waals surface area contributed by atoms with Crippen LogP contribution in [0.2, 0.25) is 0 Å². The van der Waals surface area contributed by atoms with Crippen LogP contribution in [0.5, 0.6) is 5.75 Å². The predicted molar refractivity (Wildman–Crippen MR) is 91.6 cm³/mol. The first-order valence-corrected chi connectivity index (χ1v) is 7.62. The Morgan fingerprint density at radius 2 is 1.91 bits per heavy atom. The van der Waals surface area contributed by atoms with Gasteiger partial charge in [0.1, 0.15) is 5.75 Å². The van der Waals surface area contributed by atoms with E-state index in [1.165, 1.54) is 18.4 Å². The molecule has 2 rings (SSSR count). The van der Waals surface area contributed by atoms with E-state index in [0.29, 0.717) is 18.2 Å². The average Bonchev–Trinajstić information content (AvgIpc) is 3.26. The minimum Gasteiger partial charge on any atom is -0.484 e. The van der Waals surface area contributed by atoms with Gasteiger partial charge in [-0.05, 0) is 41.9 Å². The molecule has 1 aromatic carbocycles. The lowest BCUT2D eigenvalue weighted by Crippen LogP contribution is -2.40. The summed E-state index contributed by atoms with van der Waals surface area (Å²) in [6.07, 6.45) is 2.38. The fourth-order valence-electron chi connectivity index (χ4n) is 2.17. The van der Waals surface area contributed by atoms with Crippen molar-refractivity contribution in [2.75, 3.05) is 13.2 Å². The summed E-state index contributed by atoms with van der Waals surface area (Å²) in [7, 11) is 0. The van der Waals surface area contributed by atoms with Gasteiger partial charge in [-0.25, -0.2) is 0 Å². The molecule has 1 aromatic rings. The van der Waals surface area contributed by atoms with Gasteiger partial charge in [0.25, 0.3) is 5.91 Å². The van der Waals surface area contributed by atoms with Crippen LogP contribution in [0.3, 0.4) is 0 Å². The number of rotatable bonds is 6. The molecule has 0 spiro atoms. The van der Waals surface area contributed by atoms with E-state index in [0.717, 1.165) is 0 Å². The molecule has 1 amide bonds. The molecule has 0 bridgehead atoms. The highest BCUT2D eigenvalue weighted by atomic mass is 35.5. The summed E-state index contributed by atoms with van der Waals surface area (Å²) in [5.74, 6) is 1.19. The van der Waals surface area contributed by atoms with Crippen molar-refractivity contribution in [1.82, 2.24) is 5.32 Å². The molecule has 0 heterocycles. The number of carbonyl (C=O) groups excluding carboxylic acids is 1. The molecular weight excluding hydrogens is 300 g/mol. The monoisotopic (exact) mass is 326 g/mol. The number of nitrogens with one attached hydrogen (secondary N) is 1. The highest BCUT2D eigenvalue weighted by Crippen LogP contribution is 2.31. The number of nitrogens with two attached hydrogens (primary N) is 1. The van der Waals surface area contributed by atoms with Crippen molar-refractivity contribution >= 4 is 18.3 Å². The fraction of sp³-hybridized carbons (Fsp3) is 0.588. The van der Waals surface area contributed by atoms with Crippen LogP contribution in [0.15, 0.2) is 24.3 Å². The summed E-state index contributed by atoms with van der Waals surface area (Å²) in [4.78, 5) is 11.7. The zero-order valence-corrected chi connectivity index (χ0v) is 14.4. The van der Waals surface area contributed by atoms with Crippen molar-refractivity contribution in [3.8, 4) is 5.75 Å². The maximum atomic E-state index is 11.7. The minimum absolute atomic E-state index is 0. The van der Waals surface area contributed by atoms with E-state index in [1.54, 1.807) is 0 Å². The molecule has 5 heteroatoms. The summed E-state index contributed by atoms with van der Waals surface area (Å²) in [6.45, 7) is 7.07. The first kappa shape index (κ1) is 18.8. The Morgan fingerprint density at radius 1 is 1.32 bits per heavy atom. The molecule has 0 saturated heterocycles. The third kappa shape index (κ3) is 5.85. The van der Waals surface area contributed by atoms with E-state index in [4.69, 9.17) is 10.5 Å². The molecule has 22 heavy (non-hydrogen) atoms. The lowest BCUT2D eigenvalue weighted by molar-refractivity contribution is -0.123. The van der Waals surface area contributed by atoms with E-state index in [9.17, 15) is 4.79 Å². The minimum atomic E-state index is -0.119. The third-order valence-electron chi connectivity index (χ3n) is 3.85. The molecule has 1 saturated carbocycles. The molecule has 0 aliphatic heterocycles. The van der Waals surface area contributed by atoms with Crippen LogP contribution in [-0.4, -0.2) is 25.1 Å². The molecular formula is C17H27ClN2O2. The maximum absolute atomic E-state index is 11.7. The van der Waals surface area contributed by atoms with Crippen LogP contribution in [0.1, 0.15) is 39.2 Å². The Bertz CT molecular complexity index is 478. The van der Waals surface area contributed by atoms with Crippen molar-refractivity contribution in [2.45, 2.75) is 45.1 Å². The SMILES string of the molecule is CC(C)(C)c1ccc(OCC(=O)NCC(N)C2CC2)cc1.Cl. The van der Waals surface area contributed by atoms with Gasteiger partial charge in [0, 0.05) is 12.6 Å². The summed E-state index contributed by atoms with van der Waals surface area (Å²) >= 11 is 0. The average molecular weight is 327 g/mol. The molecule has 1 fully saturated rings. The van der Waals surface area contributed by atoms with E-state index in [-0.39, 0.29) is 36.4 Å². The van der Waals surface area contributed by atoms with Crippen LogP contribution >= 0.6 is 12.4 Å². The van der Waals surface area contributed by atoms with Gasteiger partial charge in [-0.1, -0.05) is 32.9 Å². The molecule has 3 N–H and O–H groups in total. The fourth-order valence-corrected chi connectivity index (χ4v) is 2.17. The van der Waals surface area contributed by atoms with Gasteiger partial charge in [0.05, 0.1) is 0 Å². The molecule has 0 radical (unpaired) electrons. The van der Waals surface area contributed by atoms with Gasteiger partial charge in [0.2, 0.25) is 0 Å². The molecule has 1 atom stereocenters. The van der Waals surface area contributed by atoms with Crippen LogP contribution in [0.4, 0.5) is 0 Å². The van der Waals surface area contributed by atoms with Gasteiger partial charge >= 0.3 is 0 Å². The van der Waals surface area contributed by atoms with E-state index in [2.05, 4.69) is 26.1 Å². The van der Waals surface area contributed by atoms with Crippen LogP contribution in [-0.2, 0) is 10.2 Å². The largest absolute Gasteiger partial charge is 0.484 e. The normalized spacial score (nSPS) is 15.6. The standard InChI is InChI=1S/C17H26N2O2.ClH/c1-17(2,3)13-6-8-14(9-7-13)21-11-16(20)19-10-15(18)12-4-5-12;/h6-9,12,15H,4-5,10-11,18H2,1-3H3,(H,19,20);1H. The summed E-state index contributed by atoms with van der Waals surface area (Å²) in [5.41, 5.74) is 7.30. The quantitative estimate of drug-likeness (QED) is 0.844. The van der Waals surface area contributed by atoms with E-state index < -0.39 is 0 Å². The smallest absolute Gasteiger partial charge is 0.257 e. The number of carbonyl (C=O) groups is 1. The lowest BCUT2D eigenvalue weighted by Gasteiger charge is -2.19. The second-order valence-corrected chi connectivity index (χ2v) is 6.87. The number of halogens is 1. The maximum Gasteiger partial charge on any atom is 0.257 e. The highest BCUT2D eigenvalue weighted by molar-refractivity contribution is 5.85. The first-order chi connectivity index (χ1) is 9.86. The first-order valence-electron chi connectivity index (χ1n) is 7.62. The van der Waals surface area contributed by atoms with Crippen molar-refractivity contribution in [1.29, 1.82) is 0 Å². The van der Waals surface area contributed by atoms with Crippen molar-refractivity contribution in [2.24, 2.45) is 11.7 Å². The Balaban J connectivity index is 0.00000242. The number of hydrogen-bond acceptors (Lipinski definition) is 3. The molecule has 0 aromatic heterocycles. The Kier molecular flexibility index (Phi) is 6.69. The Labute approximate surface area is 139 Å². The third-order valence-corrected chi connectivity index (χ3v) is 3.85. The van der Waals surface area contributed by atoms with Crippen molar-refractivity contribution in [3.05, 3.63) is 29.8 Å². The summed E-state index contributed by atoms with van der Waals surface area (Å²) in [5, 5.41) is 2.82.